The topological polar surface area (TPSA) is 32.9 Å². The van der Waals surface area contributed by atoms with E-state index in [1.54, 1.807) is 6.07 Å². The number of aromatic nitrogens is 1. The Hall–Kier alpha value is -0.840. The first-order valence-electron chi connectivity index (χ1n) is 5.06. The molecule has 3 heteroatoms. The molecule has 0 radical (unpaired) electrons. The van der Waals surface area contributed by atoms with Crippen molar-refractivity contribution in [3.8, 4) is 0 Å². The Morgan fingerprint density at radius 2 is 2.07 bits per heavy atom. The van der Waals surface area contributed by atoms with E-state index in [-0.39, 0.29) is 5.43 Å². The Kier molecular flexibility index (Phi) is 2.09. The summed E-state index contributed by atoms with van der Waals surface area (Å²) in [7, 11) is 0. The van der Waals surface area contributed by atoms with Gasteiger partial charge in [0.05, 0.1) is 0 Å². The number of hydrogen-bond acceptors (Lipinski definition) is 1. The number of H-pyrrole nitrogens is 1. The molecule has 0 unspecified atom stereocenters. The lowest BCUT2D eigenvalue weighted by Gasteiger charge is -2.02. The van der Waals surface area contributed by atoms with Crippen molar-refractivity contribution in [2.24, 2.45) is 0 Å². The zero-order chi connectivity index (χ0) is 10.4. The third-order valence-electron chi connectivity index (χ3n) is 2.83. The van der Waals surface area contributed by atoms with E-state index in [1.165, 1.54) is 12.8 Å². The van der Waals surface area contributed by atoms with Crippen molar-refractivity contribution in [2.75, 3.05) is 0 Å². The number of hydrogen-bond donors (Lipinski definition) is 1. The summed E-state index contributed by atoms with van der Waals surface area (Å²) in [5, 5.41) is 0.798. The van der Waals surface area contributed by atoms with E-state index in [9.17, 15) is 4.79 Å². The molecule has 1 heterocycles. The average Bonchev–Trinajstić information content (AvgIpc) is 3.02. The van der Waals surface area contributed by atoms with Crippen LogP contribution in [0.25, 0.3) is 10.9 Å². The van der Waals surface area contributed by atoms with Gasteiger partial charge in [-0.3, -0.25) is 4.79 Å². The van der Waals surface area contributed by atoms with E-state index in [1.807, 2.05) is 18.2 Å². The van der Waals surface area contributed by atoms with E-state index in [2.05, 4.69) is 27.6 Å². The Balaban J connectivity index is 2.31. The Bertz CT molecular complexity index is 584. The molecule has 0 spiro atoms. The van der Waals surface area contributed by atoms with Gasteiger partial charge in [0.1, 0.15) is 0 Å². The molecule has 3 rings (SSSR count). The van der Waals surface area contributed by atoms with Gasteiger partial charge in [-0.15, -0.1) is 0 Å². The highest BCUT2D eigenvalue weighted by molar-refractivity contribution is 14.1. The van der Waals surface area contributed by atoms with Crippen molar-refractivity contribution in [3.63, 3.8) is 0 Å². The fourth-order valence-electron chi connectivity index (χ4n) is 1.85. The van der Waals surface area contributed by atoms with E-state index in [0.717, 1.165) is 20.2 Å². The van der Waals surface area contributed by atoms with Crippen LogP contribution in [0.2, 0.25) is 0 Å². The molecule has 2 nitrogen and oxygen atoms in total. The maximum atomic E-state index is 11.9. The average molecular weight is 311 g/mol. The number of nitrogens with one attached hydrogen (secondary N) is 1. The predicted octanol–water partition coefficient (Wildman–Crippen LogP) is 3.01. The van der Waals surface area contributed by atoms with Crippen LogP contribution >= 0.6 is 22.6 Å². The largest absolute Gasteiger partial charge is 0.358 e. The third kappa shape index (κ3) is 1.69. The minimum Gasteiger partial charge on any atom is -0.358 e. The maximum absolute atomic E-state index is 11.9. The van der Waals surface area contributed by atoms with Crippen LogP contribution in [0, 0.1) is 3.57 Å². The Morgan fingerprint density at radius 1 is 1.27 bits per heavy atom. The van der Waals surface area contributed by atoms with Gasteiger partial charge in [0.25, 0.3) is 0 Å². The maximum Gasteiger partial charge on any atom is 0.189 e. The van der Waals surface area contributed by atoms with Gasteiger partial charge in [-0.25, -0.2) is 0 Å². The molecule has 1 aromatic heterocycles. The monoisotopic (exact) mass is 311 g/mol. The molecule has 0 amide bonds. The van der Waals surface area contributed by atoms with Crippen LogP contribution in [-0.4, -0.2) is 4.98 Å². The van der Waals surface area contributed by atoms with Gasteiger partial charge in [0, 0.05) is 26.2 Å². The normalized spacial score (nSPS) is 15.8. The molecule has 0 saturated heterocycles. The van der Waals surface area contributed by atoms with Gasteiger partial charge in [0.15, 0.2) is 5.43 Å². The van der Waals surface area contributed by atoms with Crippen LogP contribution < -0.4 is 5.43 Å². The molecule has 0 atom stereocenters. The minimum atomic E-state index is 0.143. The smallest absolute Gasteiger partial charge is 0.189 e. The lowest BCUT2D eigenvalue weighted by Crippen LogP contribution is -2.04. The highest BCUT2D eigenvalue weighted by Gasteiger charge is 2.24. The molecule has 2 aromatic rings. The molecule has 1 N–H and O–H groups in total. The highest BCUT2D eigenvalue weighted by Crippen LogP contribution is 2.38. The van der Waals surface area contributed by atoms with Crippen LogP contribution in [0.15, 0.2) is 29.1 Å². The predicted molar refractivity (Wildman–Crippen MR) is 69.3 cm³/mol. The zero-order valence-corrected chi connectivity index (χ0v) is 10.2. The Labute approximate surface area is 101 Å². The molecule has 1 fully saturated rings. The molecule has 0 bridgehead atoms. The van der Waals surface area contributed by atoms with Crippen molar-refractivity contribution in [1.29, 1.82) is 0 Å². The highest BCUT2D eigenvalue weighted by atomic mass is 127. The SMILES string of the molecule is O=c1cc(C2CC2)[nH]c2ccc(I)cc12. The molecule has 76 valence electrons. The van der Waals surface area contributed by atoms with Crippen molar-refractivity contribution >= 4 is 33.5 Å². The summed E-state index contributed by atoms with van der Waals surface area (Å²) in [6.45, 7) is 0. The van der Waals surface area contributed by atoms with Gasteiger partial charge in [-0.05, 0) is 59.5 Å². The zero-order valence-electron chi connectivity index (χ0n) is 8.09. The van der Waals surface area contributed by atoms with Crippen molar-refractivity contribution in [1.82, 2.24) is 4.98 Å². The van der Waals surface area contributed by atoms with Crippen LogP contribution in [0.5, 0.6) is 0 Å². The molecule has 1 aromatic carbocycles. The first-order valence-corrected chi connectivity index (χ1v) is 6.14. The van der Waals surface area contributed by atoms with E-state index in [4.69, 9.17) is 0 Å². The van der Waals surface area contributed by atoms with Crippen LogP contribution in [-0.2, 0) is 0 Å². The van der Waals surface area contributed by atoms with Crippen LogP contribution in [0.1, 0.15) is 24.5 Å². The first kappa shape index (κ1) is 9.39. The van der Waals surface area contributed by atoms with Crippen molar-refractivity contribution in [3.05, 3.63) is 43.8 Å². The van der Waals surface area contributed by atoms with E-state index >= 15 is 0 Å². The van der Waals surface area contributed by atoms with Crippen LogP contribution in [0.4, 0.5) is 0 Å². The molecule has 0 aliphatic heterocycles. The summed E-state index contributed by atoms with van der Waals surface area (Å²) in [5.74, 6) is 0.598. The molecule has 1 saturated carbocycles. The fourth-order valence-corrected chi connectivity index (χ4v) is 2.35. The third-order valence-corrected chi connectivity index (χ3v) is 3.50. The van der Waals surface area contributed by atoms with Gasteiger partial charge in [-0.1, -0.05) is 0 Å². The van der Waals surface area contributed by atoms with Crippen LogP contribution in [0.3, 0.4) is 0 Å². The van der Waals surface area contributed by atoms with Gasteiger partial charge in [0.2, 0.25) is 0 Å². The Morgan fingerprint density at radius 3 is 2.80 bits per heavy atom. The number of fused-ring (bicyclic) bond motifs is 1. The summed E-state index contributed by atoms with van der Waals surface area (Å²) < 4.78 is 1.10. The number of pyridine rings is 1. The summed E-state index contributed by atoms with van der Waals surface area (Å²) in [6, 6.07) is 7.71. The minimum absolute atomic E-state index is 0.143. The second-order valence-electron chi connectivity index (χ2n) is 4.05. The van der Waals surface area contributed by atoms with E-state index in [0.29, 0.717) is 5.92 Å². The quantitative estimate of drug-likeness (QED) is 0.807. The number of rotatable bonds is 1. The summed E-state index contributed by atoms with van der Waals surface area (Å²) in [6.07, 6.45) is 2.43. The van der Waals surface area contributed by atoms with Crippen molar-refractivity contribution < 1.29 is 0 Å². The molecular formula is C12H10INO. The van der Waals surface area contributed by atoms with Gasteiger partial charge >= 0.3 is 0 Å². The number of aromatic amines is 1. The second kappa shape index (κ2) is 3.33. The lowest BCUT2D eigenvalue weighted by molar-refractivity contribution is 1.04. The standard InChI is InChI=1S/C12H10INO/c13-8-3-4-10-9(5-8)12(15)6-11(14-10)7-1-2-7/h3-7H,1-2H2,(H,14,15). The van der Waals surface area contributed by atoms with Gasteiger partial charge < -0.3 is 4.98 Å². The van der Waals surface area contributed by atoms with Gasteiger partial charge in [-0.2, -0.15) is 0 Å². The summed E-state index contributed by atoms with van der Waals surface area (Å²) in [4.78, 5) is 15.2. The molecule has 1 aliphatic rings. The summed E-state index contributed by atoms with van der Waals surface area (Å²) >= 11 is 2.23. The molecular weight excluding hydrogens is 301 g/mol. The number of benzene rings is 1. The second-order valence-corrected chi connectivity index (χ2v) is 5.30. The lowest BCUT2D eigenvalue weighted by atomic mass is 10.1. The molecule has 15 heavy (non-hydrogen) atoms. The first-order chi connectivity index (χ1) is 7.24. The molecule has 1 aliphatic carbocycles. The number of halogens is 1. The summed E-state index contributed by atoms with van der Waals surface area (Å²) in [5.41, 5.74) is 2.21. The fraction of sp³-hybridized carbons (Fsp3) is 0.250. The van der Waals surface area contributed by atoms with Crippen molar-refractivity contribution in [2.45, 2.75) is 18.8 Å². The van der Waals surface area contributed by atoms with E-state index < -0.39 is 0 Å².